The fourth-order valence-electron chi connectivity index (χ4n) is 4.04. The minimum absolute atomic E-state index is 0.0928. The number of fused-ring (bicyclic) bond motifs is 1. The van der Waals surface area contributed by atoms with E-state index in [9.17, 15) is 9.90 Å². The number of aromatic hydroxyl groups is 1. The first-order valence-electron chi connectivity index (χ1n) is 10.0. The number of methoxy groups -OCH3 is 1. The molecule has 0 radical (unpaired) electrons. The smallest absolute Gasteiger partial charge is 0.270 e. The Morgan fingerprint density at radius 2 is 1.76 bits per heavy atom. The third kappa shape index (κ3) is 4.13. The van der Waals surface area contributed by atoms with Gasteiger partial charge in [-0.1, -0.05) is 48.5 Å². The van der Waals surface area contributed by atoms with Crippen LogP contribution in [0, 0.1) is 0 Å². The molecule has 152 valence electrons. The topological polar surface area (TPSA) is 59.6 Å². The maximum Gasteiger partial charge on any atom is 0.270 e. The van der Waals surface area contributed by atoms with Crippen molar-refractivity contribution in [3.05, 3.63) is 87.3 Å². The SMILES string of the molecule is COCCn1c(=O)c2c(n1Cc1ccccc1)CN(Cc1ccccc1O)CC2. The molecule has 0 atom stereocenters. The summed E-state index contributed by atoms with van der Waals surface area (Å²) in [6.45, 7) is 3.84. The Morgan fingerprint density at radius 1 is 1.00 bits per heavy atom. The number of rotatable bonds is 7. The Balaban J connectivity index is 1.66. The van der Waals surface area contributed by atoms with Crippen LogP contribution in [0.1, 0.15) is 22.4 Å². The number of aromatic nitrogens is 2. The Bertz CT molecular complexity index is 1020. The van der Waals surface area contributed by atoms with Gasteiger partial charge < -0.3 is 9.84 Å². The van der Waals surface area contributed by atoms with E-state index in [1.807, 2.05) is 41.1 Å². The van der Waals surface area contributed by atoms with E-state index < -0.39 is 0 Å². The number of ether oxygens (including phenoxy) is 1. The molecule has 0 saturated heterocycles. The van der Waals surface area contributed by atoms with Gasteiger partial charge in [0, 0.05) is 37.9 Å². The maximum atomic E-state index is 13.1. The van der Waals surface area contributed by atoms with Gasteiger partial charge in [0.2, 0.25) is 0 Å². The lowest BCUT2D eigenvalue weighted by Crippen LogP contribution is -2.32. The summed E-state index contributed by atoms with van der Waals surface area (Å²) in [4.78, 5) is 15.4. The number of hydrogen-bond acceptors (Lipinski definition) is 4. The van der Waals surface area contributed by atoms with Crippen LogP contribution in [0.15, 0.2) is 59.4 Å². The molecule has 0 bridgehead atoms. The minimum Gasteiger partial charge on any atom is -0.508 e. The molecular weight excluding hydrogens is 366 g/mol. The van der Waals surface area contributed by atoms with Crippen LogP contribution in [0.3, 0.4) is 0 Å². The molecule has 0 unspecified atom stereocenters. The highest BCUT2D eigenvalue weighted by Crippen LogP contribution is 2.23. The van der Waals surface area contributed by atoms with Crippen molar-refractivity contribution in [1.29, 1.82) is 0 Å². The van der Waals surface area contributed by atoms with Crippen molar-refractivity contribution in [3.63, 3.8) is 0 Å². The van der Waals surface area contributed by atoms with Crippen molar-refractivity contribution >= 4 is 0 Å². The number of hydrogen-bond donors (Lipinski definition) is 1. The third-order valence-corrected chi connectivity index (χ3v) is 5.56. The fraction of sp³-hybridized carbons (Fsp3) is 0.348. The van der Waals surface area contributed by atoms with Gasteiger partial charge in [0.1, 0.15) is 5.75 Å². The summed E-state index contributed by atoms with van der Waals surface area (Å²) in [6.07, 6.45) is 0.719. The highest BCUT2D eigenvalue weighted by atomic mass is 16.5. The summed E-state index contributed by atoms with van der Waals surface area (Å²) < 4.78 is 9.18. The molecule has 0 aliphatic carbocycles. The van der Waals surface area contributed by atoms with Crippen LogP contribution in [-0.2, 0) is 37.3 Å². The second-order valence-electron chi connectivity index (χ2n) is 7.48. The standard InChI is InChI=1S/C23H27N3O3/c1-29-14-13-25-23(28)20-11-12-24(16-19-9-5-6-10-22(19)27)17-21(20)26(25)15-18-7-3-2-4-8-18/h2-10,27H,11-17H2,1H3. The number of phenols is 1. The summed E-state index contributed by atoms with van der Waals surface area (Å²) in [5, 5.41) is 10.1. The van der Waals surface area contributed by atoms with Crippen molar-refractivity contribution in [3.8, 4) is 5.75 Å². The van der Waals surface area contributed by atoms with Crippen LogP contribution in [0.2, 0.25) is 0 Å². The Labute approximate surface area is 170 Å². The molecule has 6 nitrogen and oxygen atoms in total. The summed E-state index contributed by atoms with van der Waals surface area (Å²) in [6, 6.07) is 17.7. The van der Waals surface area contributed by atoms with E-state index in [4.69, 9.17) is 4.74 Å². The summed E-state index contributed by atoms with van der Waals surface area (Å²) >= 11 is 0. The fourth-order valence-corrected chi connectivity index (χ4v) is 4.04. The molecule has 1 aromatic heterocycles. The van der Waals surface area contributed by atoms with E-state index >= 15 is 0 Å². The van der Waals surface area contributed by atoms with Gasteiger partial charge in [-0.3, -0.25) is 14.4 Å². The number of para-hydroxylation sites is 1. The Kier molecular flexibility index (Phi) is 5.83. The van der Waals surface area contributed by atoms with Gasteiger partial charge in [0.25, 0.3) is 5.56 Å². The van der Waals surface area contributed by atoms with Crippen molar-refractivity contribution < 1.29 is 9.84 Å². The van der Waals surface area contributed by atoms with Crippen LogP contribution in [0.25, 0.3) is 0 Å². The summed E-state index contributed by atoms with van der Waals surface area (Å²) in [7, 11) is 1.66. The van der Waals surface area contributed by atoms with Gasteiger partial charge in [-0.15, -0.1) is 0 Å². The average molecular weight is 393 g/mol. The molecule has 29 heavy (non-hydrogen) atoms. The molecule has 3 aromatic rings. The predicted octanol–water partition coefficient (Wildman–Crippen LogP) is 2.61. The monoisotopic (exact) mass is 393 g/mol. The van der Waals surface area contributed by atoms with E-state index in [2.05, 4.69) is 21.7 Å². The van der Waals surface area contributed by atoms with Gasteiger partial charge in [-0.05, 0) is 18.1 Å². The highest BCUT2D eigenvalue weighted by molar-refractivity contribution is 5.32. The average Bonchev–Trinajstić information content (AvgIpc) is 3.00. The second kappa shape index (κ2) is 8.68. The summed E-state index contributed by atoms with van der Waals surface area (Å²) in [5.74, 6) is 0.317. The molecule has 0 fully saturated rings. The quantitative estimate of drug-likeness (QED) is 0.670. The zero-order chi connectivity index (χ0) is 20.2. The van der Waals surface area contributed by atoms with E-state index in [1.165, 1.54) is 0 Å². The molecule has 6 heteroatoms. The lowest BCUT2D eigenvalue weighted by Gasteiger charge is -2.28. The highest BCUT2D eigenvalue weighted by Gasteiger charge is 2.26. The van der Waals surface area contributed by atoms with Crippen molar-refractivity contribution in [2.45, 2.75) is 32.6 Å². The number of benzene rings is 2. The van der Waals surface area contributed by atoms with Crippen molar-refractivity contribution in [1.82, 2.24) is 14.3 Å². The first-order chi connectivity index (χ1) is 14.2. The molecule has 2 aromatic carbocycles. The first kappa shape index (κ1) is 19.5. The number of nitrogens with zero attached hydrogens (tertiary/aromatic N) is 3. The normalized spacial score (nSPS) is 14.1. The van der Waals surface area contributed by atoms with Crippen LogP contribution < -0.4 is 5.56 Å². The molecule has 0 saturated carbocycles. The van der Waals surface area contributed by atoms with E-state index in [-0.39, 0.29) is 5.56 Å². The zero-order valence-corrected chi connectivity index (χ0v) is 16.8. The molecule has 1 N–H and O–H groups in total. The van der Waals surface area contributed by atoms with Crippen LogP contribution in [0.5, 0.6) is 5.75 Å². The van der Waals surface area contributed by atoms with Crippen LogP contribution in [0.4, 0.5) is 0 Å². The van der Waals surface area contributed by atoms with E-state index in [0.29, 0.717) is 38.5 Å². The zero-order valence-electron chi connectivity index (χ0n) is 16.8. The molecule has 0 amide bonds. The lowest BCUT2D eigenvalue weighted by molar-refractivity contribution is 0.175. The lowest BCUT2D eigenvalue weighted by atomic mass is 10.1. The van der Waals surface area contributed by atoms with Crippen LogP contribution in [-0.4, -0.2) is 39.6 Å². The second-order valence-corrected chi connectivity index (χ2v) is 7.48. The van der Waals surface area contributed by atoms with Gasteiger partial charge in [0.05, 0.1) is 25.4 Å². The molecule has 1 aliphatic rings. The van der Waals surface area contributed by atoms with E-state index in [1.54, 1.807) is 13.2 Å². The minimum atomic E-state index is 0.0928. The molecular formula is C23H27N3O3. The molecule has 2 heterocycles. The van der Waals surface area contributed by atoms with Crippen molar-refractivity contribution in [2.24, 2.45) is 0 Å². The predicted molar refractivity (Wildman–Crippen MR) is 112 cm³/mol. The maximum absolute atomic E-state index is 13.1. The molecule has 1 aliphatic heterocycles. The largest absolute Gasteiger partial charge is 0.508 e. The number of phenolic OH excluding ortho intramolecular Hbond substituents is 1. The van der Waals surface area contributed by atoms with Crippen LogP contribution >= 0.6 is 0 Å². The Morgan fingerprint density at radius 3 is 2.52 bits per heavy atom. The summed E-state index contributed by atoms with van der Waals surface area (Å²) in [5.41, 5.74) is 4.14. The van der Waals surface area contributed by atoms with E-state index in [0.717, 1.165) is 35.3 Å². The van der Waals surface area contributed by atoms with Gasteiger partial charge >= 0.3 is 0 Å². The first-order valence-corrected chi connectivity index (χ1v) is 10.0. The third-order valence-electron chi connectivity index (χ3n) is 5.56. The molecule has 0 spiro atoms. The van der Waals surface area contributed by atoms with Crippen molar-refractivity contribution in [2.75, 3.05) is 20.3 Å². The Hall–Kier alpha value is -2.83. The van der Waals surface area contributed by atoms with Gasteiger partial charge in [0.15, 0.2) is 0 Å². The van der Waals surface area contributed by atoms with Gasteiger partial charge in [-0.25, -0.2) is 4.68 Å². The molecule has 4 rings (SSSR count). The van der Waals surface area contributed by atoms with Gasteiger partial charge in [-0.2, -0.15) is 0 Å².